The molecule has 3 aromatic rings. The SMILES string of the molecule is [B]Cc1ccc(-c2ccc(-c3ccc(C4COC(/C=C/C)OC4)c(F)c3F)cc2)c(F)c1F. The molecule has 0 N–H and O–H groups in total. The molecule has 168 valence electrons. The van der Waals surface area contributed by atoms with Gasteiger partial charge in [-0.1, -0.05) is 60.9 Å². The summed E-state index contributed by atoms with van der Waals surface area (Å²) in [5.41, 5.74) is 1.21. The molecule has 33 heavy (non-hydrogen) atoms. The van der Waals surface area contributed by atoms with Crippen LogP contribution in [0.1, 0.15) is 24.0 Å². The lowest BCUT2D eigenvalue weighted by Crippen LogP contribution is -2.30. The highest BCUT2D eigenvalue weighted by atomic mass is 19.2. The highest BCUT2D eigenvalue weighted by Gasteiger charge is 2.26. The number of benzene rings is 3. The van der Waals surface area contributed by atoms with Crippen LogP contribution in [0.4, 0.5) is 17.6 Å². The second kappa shape index (κ2) is 9.93. The molecule has 0 saturated carbocycles. The molecule has 0 spiro atoms. The number of halogens is 4. The van der Waals surface area contributed by atoms with Crippen molar-refractivity contribution in [3.05, 3.63) is 95.1 Å². The average Bonchev–Trinajstić information content (AvgIpc) is 2.84. The van der Waals surface area contributed by atoms with E-state index < -0.39 is 35.5 Å². The van der Waals surface area contributed by atoms with Gasteiger partial charge >= 0.3 is 0 Å². The van der Waals surface area contributed by atoms with Gasteiger partial charge in [0.05, 0.1) is 21.1 Å². The Hall–Kier alpha value is -2.90. The van der Waals surface area contributed by atoms with Gasteiger partial charge in [-0.3, -0.25) is 0 Å². The van der Waals surface area contributed by atoms with Crippen LogP contribution in [-0.4, -0.2) is 27.4 Å². The molecular formula is C26H21BF4O2. The van der Waals surface area contributed by atoms with E-state index in [2.05, 4.69) is 0 Å². The number of hydrogen-bond acceptors (Lipinski definition) is 2. The van der Waals surface area contributed by atoms with E-state index in [1.807, 2.05) is 6.92 Å². The van der Waals surface area contributed by atoms with E-state index in [9.17, 15) is 17.6 Å². The Labute approximate surface area is 191 Å². The maximum Gasteiger partial charge on any atom is 0.176 e. The lowest BCUT2D eigenvalue weighted by atomic mass is 9.92. The van der Waals surface area contributed by atoms with Crippen LogP contribution < -0.4 is 0 Å². The topological polar surface area (TPSA) is 18.5 Å². The molecule has 0 aromatic heterocycles. The van der Waals surface area contributed by atoms with Crippen LogP contribution in [0, 0.1) is 23.3 Å². The van der Waals surface area contributed by atoms with Crippen LogP contribution in [0.2, 0.25) is 0 Å². The molecule has 7 heteroatoms. The largest absolute Gasteiger partial charge is 0.348 e. The third kappa shape index (κ3) is 4.61. The van der Waals surface area contributed by atoms with E-state index in [4.69, 9.17) is 17.3 Å². The molecule has 1 fully saturated rings. The fourth-order valence-corrected chi connectivity index (χ4v) is 3.87. The first-order chi connectivity index (χ1) is 15.9. The Morgan fingerprint density at radius 2 is 1.33 bits per heavy atom. The lowest BCUT2D eigenvalue weighted by molar-refractivity contribution is -0.159. The molecule has 1 aliphatic heterocycles. The summed E-state index contributed by atoms with van der Waals surface area (Å²) in [7, 11) is 5.41. The Kier molecular flexibility index (Phi) is 7.01. The predicted octanol–water partition coefficient (Wildman–Crippen LogP) is 6.28. The molecular weight excluding hydrogens is 431 g/mol. The van der Waals surface area contributed by atoms with Gasteiger partial charge in [-0.25, -0.2) is 17.6 Å². The minimum atomic E-state index is -0.999. The van der Waals surface area contributed by atoms with E-state index in [0.717, 1.165) is 0 Å². The average molecular weight is 452 g/mol. The smallest absolute Gasteiger partial charge is 0.176 e. The fraction of sp³-hybridized carbons (Fsp3) is 0.231. The normalized spacial score (nSPS) is 18.7. The zero-order valence-electron chi connectivity index (χ0n) is 18.0. The first-order valence-corrected chi connectivity index (χ1v) is 10.6. The molecule has 2 nitrogen and oxygen atoms in total. The maximum atomic E-state index is 14.9. The van der Waals surface area contributed by atoms with E-state index in [1.54, 1.807) is 12.2 Å². The third-order valence-electron chi connectivity index (χ3n) is 5.71. The summed E-state index contributed by atoms with van der Waals surface area (Å²) < 4.78 is 69.3. The quantitative estimate of drug-likeness (QED) is 0.258. The minimum Gasteiger partial charge on any atom is -0.348 e. The van der Waals surface area contributed by atoms with Gasteiger partial charge in [0, 0.05) is 17.0 Å². The molecule has 1 heterocycles. The molecule has 2 radical (unpaired) electrons. The standard InChI is InChI=1S/C26H21BF4O2/c1-2-3-22-32-13-18(14-33-22)21-11-10-20(25(30)26(21)31)16-6-4-15(5-7-16)19-9-8-17(12-27)23(28)24(19)29/h2-11,18,22H,12-14H2,1H3/b3-2+. The molecule has 0 bridgehead atoms. The molecule has 1 saturated heterocycles. The number of hydrogen-bond donors (Lipinski definition) is 0. The number of ether oxygens (including phenoxy) is 2. The molecule has 0 aliphatic carbocycles. The van der Waals surface area contributed by atoms with Crippen LogP contribution in [0.25, 0.3) is 22.3 Å². The van der Waals surface area contributed by atoms with Crippen molar-refractivity contribution in [3.8, 4) is 22.3 Å². The molecule has 0 atom stereocenters. The summed E-state index contributed by atoms with van der Waals surface area (Å²) in [6.07, 6.45) is 2.94. The van der Waals surface area contributed by atoms with E-state index in [1.165, 1.54) is 48.5 Å². The van der Waals surface area contributed by atoms with Crippen LogP contribution in [-0.2, 0) is 15.8 Å². The monoisotopic (exact) mass is 452 g/mol. The van der Waals surface area contributed by atoms with Gasteiger partial charge in [-0.15, -0.1) is 0 Å². The highest BCUT2D eigenvalue weighted by Crippen LogP contribution is 2.33. The highest BCUT2D eigenvalue weighted by molar-refractivity contribution is 6.08. The zero-order chi connectivity index (χ0) is 23.5. The zero-order valence-corrected chi connectivity index (χ0v) is 18.0. The Morgan fingerprint density at radius 3 is 1.88 bits per heavy atom. The number of allylic oxidation sites excluding steroid dienone is 1. The first kappa shape index (κ1) is 23.3. The van der Waals surface area contributed by atoms with Gasteiger partial charge in [0.25, 0.3) is 0 Å². The van der Waals surface area contributed by atoms with E-state index >= 15 is 0 Å². The second-order valence-corrected chi connectivity index (χ2v) is 7.77. The minimum absolute atomic E-state index is 0.0618. The molecule has 0 amide bonds. The summed E-state index contributed by atoms with van der Waals surface area (Å²) in [6, 6.07) is 12.0. The van der Waals surface area contributed by atoms with Crippen molar-refractivity contribution in [2.75, 3.05) is 13.2 Å². The Balaban J connectivity index is 1.58. The van der Waals surface area contributed by atoms with Crippen molar-refractivity contribution in [2.45, 2.75) is 25.5 Å². The van der Waals surface area contributed by atoms with E-state index in [-0.39, 0.29) is 41.8 Å². The molecule has 3 aromatic carbocycles. The summed E-state index contributed by atoms with van der Waals surface area (Å²) in [4.78, 5) is 0. The van der Waals surface area contributed by atoms with Crippen molar-refractivity contribution in [1.82, 2.24) is 0 Å². The van der Waals surface area contributed by atoms with Gasteiger partial charge in [-0.2, -0.15) is 0 Å². The summed E-state index contributed by atoms with van der Waals surface area (Å²) >= 11 is 0. The van der Waals surface area contributed by atoms with Gasteiger partial charge in [0.1, 0.15) is 0 Å². The van der Waals surface area contributed by atoms with Crippen LogP contribution in [0.3, 0.4) is 0 Å². The lowest BCUT2D eigenvalue weighted by Gasteiger charge is -2.28. The predicted molar refractivity (Wildman–Crippen MR) is 120 cm³/mol. The summed E-state index contributed by atoms with van der Waals surface area (Å²) in [6.45, 7) is 2.26. The number of rotatable bonds is 5. The molecule has 4 rings (SSSR count). The fourth-order valence-electron chi connectivity index (χ4n) is 3.87. The Bertz CT molecular complexity index is 1170. The summed E-state index contributed by atoms with van der Waals surface area (Å²) in [5, 5.41) is 0. The maximum absolute atomic E-state index is 14.9. The Morgan fingerprint density at radius 1 is 0.788 bits per heavy atom. The van der Waals surface area contributed by atoms with Crippen molar-refractivity contribution in [3.63, 3.8) is 0 Å². The summed E-state index contributed by atoms with van der Waals surface area (Å²) in [5.74, 6) is -4.35. The molecule has 0 unspecified atom stereocenters. The van der Waals surface area contributed by atoms with E-state index in [0.29, 0.717) is 11.1 Å². The van der Waals surface area contributed by atoms with Gasteiger partial charge in [-0.05, 0) is 35.3 Å². The van der Waals surface area contributed by atoms with Crippen LogP contribution in [0.15, 0.2) is 60.7 Å². The third-order valence-corrected chi connectivity index (χ3v) is 5.71. The van der Waals surface area contributed by atoms with Crippen LogP contribution in [0.5, 0.6) is 0 Å². The van der Waals surface area contributed by atoms with Gasteiger partial charge < -0.3 is 9.47 Å². The van der Waals surface area contributed by atoms with Crippen molar-refractivity contribution in [1.29, 1.82) is 0 Å². The van der Waals surface area contributed by atoms with Gasteiger partial charge in [0.2, 0.25) is 0 Å². The second-order valence-electron chi connectivity index (χ2n) is 7.77. The molecule has 1 aliphatic rings. The first-order valence-electron chi connectivity index (χ1n) is 10.6. The van der Waals surface area contributed by atoms with Crippen molar-refractivity contribution < 1.29 is 27.0 Å². The van der Waals surface area contributed by atoms with Crippen LogP contribution >= 0.6 is 0 Å². The van der Waals surface area contributed by atoms with Crippen molar-refractivity contribution in [2.24, 2.45) is 0 Å². The van der Waals surface area contributed by atoms with Gasteiger partial charge in [0.15, 0.2) is 29.6 Å². The van der Waals surface area contributed by atoms with Crippen molar-refractivity contribution >= 4 is 7.85 Å².